The van der Waals surface area contributed by atoms with Gasteiger partial charge in [-0.15, -0.1) is 0 Å². The third-order valence-electron chi connectivity index (χ3n) is 2.72. The molecule has 1 saturated carbocycles. The SMILES string of the molecule is CNC1(C(=O)O)CCC(F)(F)CC1. The van der Waals surface area contributed by atoms with E-state index in [9.17, 15) is 13.6 Å². The lowest BCUT2D eigenvalue weighted by atomic mass is 9.80. The zero-order valence-corrected chi connectivity index (χ0v) is 7.44. The van der Waals surface area contributed by atoms with Crippen molar-refractivity contribution in [3.8, 4) is 0 Å². The fourth-order valence-electron chi connectivity index (χ4n) is 1.61. The molecule has 0 amide bonds. The van der Waals surface area contributed by atoms with E-state index in [4.69, 9.17) is 5.11 Å². The number of hydrogen-bond donors (Lipinski definition) is 2. The highest BCUT2D eigenvalue weighted by Crippen LogP contribution is 2.38. The Hall–Kier alpha value is -0.710. The Morgan fingerprint density at radius 2 is 1.77 bits per heavy atom. The highest BCUT2D eigenvalue weighted by Gasteiger charge is 2.46. The van der Waals surface area contributed by atoms with Gasteiger partial charge in [0.1, 0.15) is 5.54 Å². The van der Waals surface area contributed by atoms with Gasteiger partial charge in [0.2, 0.25) is 5.92 Å². The van der Waals surface area contributed by atoms with E-state index in [0.29, 0.717) is 0 Å². The fraction of sp³-hybridized carbons (Fsp3) is 0.875. The highest BCUT2D eigenvalue weighted by molar-refractivity contribution is 5.78. The Morgan fingerprint density at radius 3 is 2.08 bits per heavy atom. The summed E-state index contributed by atoms with van der Waals surface area (Å²) in [6.45, 7) is 0. The minimum Gasteiger partial charge on any atom is -0.480 e. The second-order valence-electron chi connectivity index (χ2n) is 3.49. The molecule has 1 fully saturated rings. The number of carboxylic acids is 1. The number of hydrogen-bond acceptors (Lipinski definition) is 2. The van der Waals surface area contributed by atoms with E-state index in [0.717, 1.165) is 0 Å². The summed E-state index contributed by atoms with van der Waals surface area (Å²) in [5.41, 5.74) is -1.14. The van der Waals surface area contributed by atoms with Crippen LogP contribution in [0.5, 0.6) is 0 Å². The first kappa shape index (κ1) is 10.4. The average Bonchev–Trinajstić information content (AvgIpc) is 2.05. The predicted octanol–water partition coefficient (Wildman–Crippen LogP) is 1.24. The second kappa shape index (κ2) is 3.21. The van der Waals surface area contributed by atoms with Crippen LogP contribution < -0.4 is 5.32 Å². The lowest BCUT2D eigenvalue weighted by Gasteiger charge is -2.36. The molecule has 3 nitrogen and oxygen atoms in total. The first-order valence-electron chi connectivity index (χ1n) is 4.22. The molecule has 5 heteroatoms. The molecule has 0 bridgehead atoms. The van der Waals surface area contributed by atoms with Gasteiger partial charge in [-0.05, 0) is 19.9 Å². The number of halogens is 2. The van der Waals surface area contributed by atoms with E-state index in [1.165, 1.54) is 7.05 Å². The van der Waals surface area contributed by atoms with Crippen molar-refractivity contribution in [2.24, 2.45) is 0 Å². The van der Waals surface area contributed by atoms with Gasteiger partial charge >= 0.3 is 5.97 Å². The number of carboxylic acid groups (broad SMARTS) is 1. The van der Waals surface area contributed by atoms with Crippen LogP contribution >= 0.6 is 0 Å². The van der Waals surface area contributed by atoms with Crippen LogP contribution in [0.15, 0.2) is 0 Å². The van der Waals surface area contributed by atoms with Crippen molar-refractivity contribution in [3.63, 3.8) is 0 Å². The summed E-state index contributed by atoms with van der Waals surface area (Å²) in [5.74, 6) is -3.72. The number of aliphatic carboxylic acids is 1. The van der Waals surface area contributed by atoms with E-state index in [2.05, 4.69) is 5.32 Å². The largest absolute Gasteiger partial charge is 0.480 e. The molecular weight excluding hydrogens is 180 g/mol. The van der Waals surface area contributed by atoms with Gasteiger partial charge in [-0.1, -0.05) is 0 Å². The number of rotatable bonds is 2. The molecular formula is C8H13F2NO2. The molecule has 0 atom stereocenters. The Morgan fingerprint density at radius 1 is 1.31 bits per heavy atom. The van der Waals surface area contributed by atoms with Crippen molar-refractivity contribution in [2.45, 2.75) is 37.1 Å². The molecule has 13 heavy (non-hydrogen) atoms. The van der Waals surface area contributed by atoms with Crippen LogP contribution in [0, 0.1) is 0 Å². The number of nitrogens with one attached hydrogen (secondary N) is 1. The molecule has 76 valence electrons. The molecule has 0 aromatic rings. The van der Waals surface area contributed by atoms with Crippen LogP contribution in [0.1, 0.15) is 25.7 Å². The minimum absolute atomic E-state index is 0.00810. The van der Waals surface area contributed by atoms with Crippen LogP contribution in [0.25, 0.3) is 0 Å². The van der Waals surface area contributed by atoms with E-state index < -0.39 is 17.4 Å². The van der Waals surface area contributed by atoms with Gasteiger partial charge in [-0.25, -0.2) is 8.78 Å². The van der Waals surface area contributed by atoms with Gasteiger partial charge < -0.3 is 10.4 Å². The first-order valence-corrected chi connectivity index (χ1v) is 4.22. The average molecular weight is 193 g/mol. The first-order chi connectivity index (χ1) is 5.92. The Labute approximate surface area is 75.1 Å². The molecule has 0 aliphatic heterocycles. The highest BCUT2D eigenvalue weighted by atomic mass is 19.3. The quantitative estimate of drug-likeness (QED) is 0.693. The molecule has 0 saturated heterocycles. The van der Waals surface area contributed by atoms with Crippen molar-refractivity contribution < 1.29 is 18.7 Å². The van der Waals surface area contributed by atoms with Crippen molar-refractivity contribution in [1.29, 1.82) is 0 Å². The smallest absolute Gasteiger partial charge is 0.323 e. The standard InChI is InChI=1S/C8H13F2NO2/c1-11-7(6(12)13)2-4-8(9,10)5-3-7/h11H,2-5H2,1H3,(H,12,13). The zero-order chi connectivity index (χ0) is 10.1. The predicted molar refractivity (Wildman–Crippen MR) is 42.8 cm³/mol. The third-order valence-corrected chi connectivity index (χ3v) is 2.72. The van der Waals surface area contributed by atoms with Crippen LogP contribution in [0.2, 0.25) is 0 Å². The molecule has 0 aromatic carbocycles. The van der Waals surface area contributed by atoms with E-state index in [1.54, 1.807) is 0 Å². The Kier molecular flexibility index (Phi) is 2.56. The molecule has 1 rings (SSSR count). The summed E-state index contributed by atoms with van der Waals surface area (Å²) >= 11 is 0. The summed E-state index contributed by atoms with van der Waals surface area (Å²) in [4.78, 5) is 10.8. The topological polar surface area (TPSA) is 49.3 Å². The molecule has 0 aromatic heterocycles. The van der Waals surface area contributed by atoms with Crippen LogP contribution in [-0.4, -0.2) is 29.6 Å². The zero-order valence-electron chi connectivity index (χ0n) is 7.44. The maximum atomic E-state index is 12.7. The van der Waals surface area contributed by atoms with Gasteiger partial charge in [-0.2, -0.15) is 0 Å². The fourth-order valence-corrected chi connectivity index (χ4v) is 1.61. The van der Waals surface area contributed by atoms with Crippen LogP contribution in [0.3, 0.4) is 0 Å². The summed E-state index contributed by atoms with van der Waals surface area (Å²) in [6.07, 6.45) is -0.710. The van der Waals surface area contributed by atoms with Crippen LogP contribution in [0.4, 0.5) is 8.78 Å². The summed E-state index contributed by atoms with van der Waals surface area (Å²) < 4.78 is 25.5. The number of carbonyl (C=O) groups is 1. The van der Waals surface area contributed by atoms with E-state index >= 15 is 0 Å². The lowest BCUT2D eigenvalue weighted by Crippen LogP contribution is -2.54. The normalized spacial score (nSPS) is 25.5. The second-order valence-corrected chi connectivity index (χ2v) is 3.49. The van der Waals surface area contributed by atoms with E-state index in [1.807, 2.05) is 0 Å². The molecule has 1 aliphatic rings. The molecule has 1 aliphatic carbocycles. The van der Waals surface area contributed by atoms with Gasteiger partial charge in [0, 0.05) is 12.8 Å². The summed E-state index contributed by atoms with van der Waals surface area (Å²) in [6, 6.07) is 0. The maximum Gasteiger partial charge on any atom is 0.323 e. The van der Waals surface area contributed by atoms with Gasteiger partial charge in [0.15, 0.2) is 0 Å². The summed E-state index contributed by atoms with van der Waals surface area (Å²) in [5, 5.41) is 11.5. The van der Waals surface area contributed by atoms with Crippen molar-refractivity contribution in [2.75, 3.05) is 7.05 Å². The van der Waals surface area contributed by atoms with Crippen LogP contribution in [-0.2, 0) is 4.79 Å². The lowest BCUT2D eigenvalue weighted by molar-refractivity contribution is -0.150. The van der Waals surface area contributed by atoms with E-state index in [-0.39, 0.29) is 25.7 Å². The Bertz CT molecular complexity index is 208. The van der Waals surface area contributed by atoms with Crippen molar-refractivity contribution >= 4 is 5.97 Å². The van der Waals surface area contributed by atoms with Gasteiger partial charge in [0.25, 0.3) is 0 Å². The number of likely N-dealkylation sites (N-methyl/N-ethyl adjacent to an activating group) is 1. The monoisotopic (exact) mass is 193 g/mol. The maximum absolute atomic E-state index is 12.7. The Balaban J connectivity index is 2.69. The molecule has 2 N–H and O–H groups in total. The van der Waals surface area contributed by atoms with Gasteiger partial charge in [-0.3, -0.25) is 4.79 Å². The minimum atomic E-state index is -2.68. The summed E-state index contributed by atoms with van der Waals surface area (Å²) in [7, 11) is 1.50. The van der Waals surface area contributed by atoms with Crippen molar-refractivity contribution in [3.05, 3.63) is 0 Å². The molecule has 0 unspecified atom stereocenters. The number of alkyl halides is 2. The third kappa shape index (κ3) is 1.96. The molecule has 0 spiro atoms. The van der Waals surface area contributed by atoms with Crippen molar-refractivity contribution in [1.82, 2.24) is 5.32 Å². The molecule has 0 heterocycles. The molecule has 0 radical (unpaired) electrons. The van der Waals surface area contributed by atoms with Gasteiger partial charge in [0.05, 0.1) is 0 Å².